The molecule has 32 heavy (non-hydrogen) atoms. The first-order chi connectivity index (χ1) is 15.2. The molecular formula is C25H37N3O3S. The maximum atomic E-state index is 12.4. The molecule has 0 saturated heterocycles. The van der Waals surface area contributed by atoms with Crippen molar-refractivity contribution in [2.75, 3.05) is 0 Å². The van der Waals surface area contributed by atoms with Crippen LogP contribution in [0.3, 0.4) is 0 Å². The summed E-state index contributed by atoms with van der Waals surface area (Å²) in [6.07, 6.45) is 10.6. The van der Waals surface area contributed by atoms with Crippen LogP contribution in [-0.2, 0) is 11.2 Å². The summed E-state index contributed by atoms with van der Waals surface area (Å²) >= 11 is 1.81. The van der Waals surface area contributed by atoms with Crippen LogP contribution < -0.4 is 10.1 Å². The number of nitrogens with one attached hydrogen (secondary N) is 1. The number of amides is 1. The Morgan fingerprint density at radius 2 is 1.97 bits per heavy atom. The first-order valence-electron chi connectivity index (χ1n) is 12.2. The fourth-order valence-electron chi connectivity index (χ4n) is 5.27. The second-order valence-electron chi connectivity index (χ2n) is 10.4. The average Bonchev–Trinajstić information content (AvgIpc) is 3.28. The molecule has 1 amide bonds. The van der Waals surface area contributed by atoms with E-state index >= 15 is 0 Å². The Morgan fingerprint density at radius 3 is 2.62 bits per heavy atom. The monoisotopic (exact) mass is 459 g/mol. The van der Waals surface area contributed by atoms with E-state index in [1.165, 1.54) is 29.7 Å². The molecule has 2 aromatic heterocycles. The van der Waals surface area contributed by atoms with E-state index in [0.29, 0.717) is 5.92 Å². The molecule has 2 heterocycles. The van der Waals surface area contributed by atoms with Gasteiger partial charge in [0.2, 0.25) is 5.88 Å². The summed E-state index contributed by atoms with van der Waals surface area (Å²) in [6.45, 7) is 10.1. The van der Waals surface area contributed by atoms with Gasteiger partial charge >= 0.3 is 6.09 Å². The summed E-state index contributed by atoms with van der Waals surface area (Å²) in [6, 6.07) is 0. The molecular weight excluding hydrogens is 422 g/mol. The molecule has 0 spiro atoms. The molecule has 1 saturated carbocycles. The van der Waals surface area contributed by atoms with E-state index in [9.17, 15) is 4.79 Å². The van der Waals surface area contributed by atoms with Crippen molar-refractivity contribution in [2.24, 2.45) is 0 Å². The fraction of sp³-hybridized carbons (Fsp3) is 0.720. The second-order valence-corrected chi connectivity index (χ2v) is 11.5. The molecule has 2 aliphatic carbocycles. The number of fused-ring (bicyclic) bond motifs is 3. The van der Waals surface area contributed by atoms with Crippen LogP contribution in [0.1, 0.15) is 102 Å². The number of alkyl carbamates (subject to hydrolysis) is 1. The fourth-order valence-corrected chi connectivity index (χ4v) is 6.50. The van der Waals surface area contributed by atoms with Gasteiger partial charge in [-0.1, -0.05) is 20.3 Å². The molecule has 2 aromatic rings. The number of aromatic nitrogens is 2. The van der Waals surface area contributed by atoms with Crippen LogP contribution in [-0.4, -0.2) is 33.3 Å². The van der Waals surface area contributed by atoms with Crippen molar-refractivity contribution in [3.8, 4) is 5.88 Å². The van der Waals surface area contributed by atoms with Crippen molar-refractivity contribution in [1.29, 1.82) is 0 Å². The normalized spacial score (nSPS) is 25.5. The maximum absolute atomic E-state index is 12.4. The smallest absolute Gasteiger partial charge is 0.408 e. The molecule has 1 atom stereocenters. The van der Waals surface area contributed by atoms with Gasteiger partial charge < -0.3 is 14.8 Å². The quantitative estimate of drug-likeness (QED) is 0.532. The summed E-state index contributed by atoms with van der Waals surface area (Å²) in [5.74, 6) is 1.36. The molecule has 176 valence electrons. The molecule has 0 bridgehead atoms. The molecule has 0 unspecified atom stereocenters. The Kier molecular flexibility index (Phi) is 6.66. The molecule has 4 rings (SSSR count). The van der Waals surface area contributed by atoms with Crippen molar-refractivity contribution < 1.29 is 14.3 Å². The van der Waals surface area contributed by atoms with Crippen molar-refractivity contribution in [1.82, 2.24) is 15.3 Å². The summed E-state index contributed by atoms with van der Waals surface area (Å²) in [7, 11) is 0. The zero-order chi connectivity index (χ0) is 22.9. The van der Waals surface area contributed by atoms with Crippen LogP contribution in [0.5, 0.6) is 5.88 Å². The third-order valence-electron chi connectivity index (χ3n) is 6.94. The van der Waals surface area contributed by atoms with Crippen molar-refractivity contribution in [3.05, 3.63) is 16.8 Å². The van der Waals surface area contributed by atoms with E-state index in [1.807, 2.05) is 32.1 Å². The molecule has 0 radical (unpaired) electrons. The lowest BCUT2D eigenvalue weighted by molar-refractivity contribution is 0.0355. The van der Waals surface area contributed by atoms with Gasteiger partial charge in [0.1, 0.15) is 22.9 Å². The Hall–Kier alpha value is -1.89. The Morgan fingerprint density at radius 1 is 1.22 bits per heavy atom. The molecule has 1 fully saturated rings. The van der Waals surface area contributed by atoms with Gasteiger partial charge in [0.15, 0.2) is 0 Å². The Bertz CT molecular complexity index is 957. The largest absolute Gasteiger partial charge is 0.474 e. The minimum absolute atomic E-state index is 0.106. The number of nitrogens with zero attached hydrogens (tertiary/aromatic N) is 2. The van der Waals surface area contributed by atoms with Gasteiger partial charge in [0.05, 0.1) is 5.39 Å². The lowest BCUT2D eigenvalue weighted by Crippen LogP contribution is -2.52. The topological polar surface area (TPSA) is 73.3 Å². The SMILES string of the molecule is CCC[C@H]1CCc2sc3ncnc(O[C@H]4CC[C@](CC)(NC(=O)OC(C)(C)C)CC4)c3c21. The average molecular weight is 460 g/mol. The second kappa shape index (κ2) is 9.16. The number of hydrogen-bond donors (Lipinski definition) is 1. The molecule has 7 heteroatoms. The van der Waals surface area contributed by atoms with Crippen LogP contribution in [0, 0.1) is 0 Å². The number of carbonyl (C=O) groups is 1. The highest BCUT2D eigenvalue weighted by atomic mass is 32.1. The van der Waals surface area contributed by atoms with Gasteiger partial charge in [0, 0.05) is 10.4 Å². The van der Waals surface area contributed by atoms with E-state index in [0.717, 1.165) is 54.6 Å². The highest BCUT2D eigenvalue weighted by Gasteiger charge is 2.38. The standard InChI is InChI=1S/C25H37N3O3S/c1-6-8-16-9-10-18-19(16)20-21(26-15-27-22(20)32-18)30-17-11-13-25(7-2,14-12-17)28-23(29)31-24(3,4)5/h15-17H,6-14H2,1-5H3,(H,28,29)/t16-,17-,25-/m0/s1. The summed E-state index contributed by atoms with van der Waals surface area (Å²) in [5.41, 5.74) is 0.737. The summed E-state index contributed by atoms with van der Waals surface area (Å²) in [5, 5.41) is 4.32. The first-order valence-corrected chi connectivity index (χ1v) is 13.0. The summed E-state index contributed by atoms with van der Waals surface area (Å²) in [4.78, 5) is 24.1. The number of hydrogen-bond acceptors (Lipinski definition) is 6. The van der Waals surface area contributed by atoms with Gasteiger partial charge in [-0.3, -0.25) is 0 Å². The van der Waals surface area contributed by atoms with Gasteiger partial charge in [-0.25, -0.2) is 14.8 Å². The van der Waals surface area contributed by atoms with Crippen LogP contribution in [0.15, 0.2) is 6.33 Å². The number of carbonyl (C=O) groups excluding carboxylic acids is 1. The minimum Gasteiger partial charge on any atom is -0.474 e. The van der Waals surface area contributed by atoms with E-state index < -0.39 is 5.60 Å². The predicted octanol–water partition coefficient (Wildman–Crippen LogP) is 6.52. The first kappa shape index (κ1) is 23.3. The molecule has 1 N–H and O–H groups in total. The number of aryl methyl sites for hydroxylation is 1. The third-order valence-corrected chi connectivity index (χ3v) is 8.12. The lowest BCUT2D eigenvalue weighted by atomic mass is 9.78. The summed E-state index contributed by atoms with van der Waals surface area (Å²) < 4.78 is 12.0. The van der Waals surface area contributed by atoms with E-state index in [-0.39, 0.29) is 17.7 Å². The zero-order valence-corrected chi connectivity index (χ0v) is 20.9. The van der Waals surface area contributed by atoms with Gasteiger partial charge in [0.25, 0.3) is 0 Å². The predicted molar refractivity (Wildman–Crippen MR) is 129 cm³/mol. The van der Waals surface area contributed by atoms with Crippen LogP contribution in [0.2, 0.25) is 0 Å². The van der Waals surface area contributed by atoms with Gasteiger partial charge in [-0.2, -0.15) is 0 Å². The highest BCUT2D eigenvalue weighted by molar-refractivity contribution is 7.19. The minimum atomic E-state index is -0.492. The number of rotatable bonds is 6. The number of thiophene rings is 1. The van der Waals surface area contributed by atoms with Crippen LogP contribution in [0.4, 0.5) is 4.79 Å². The van der Waals surface area contributed by atoms with E-state index in [4.69, 9.17) is 9.47 Å². The zero-order valence-electron chi connectivity index (χ0n) is 20.1. The Labute approximate surface area is 195 Å². The third kappa shape index (κ3) is 4.87. The molecule has 0 aliphatic heterocycles. The van der Waals surface area contributed by atoms with Gasteiger partial charge in [-0.05, 0) is 83.6 Å². The highest BCUT2D eigenvalue weighted by Crippen LogP contribution is 2.48. The Balaban J connectivity index is 1.46. The van der Waals surface area contributed by atoms with E-state index in [1.54, 1.807) is 6.33 Å². The van der Waals surface area contributed by atoms with Crippen molar-refractivity contribution in [3.63, 3.8) is 0 Å². The van der Waals surface area contributed by atoms with Crippen LogP contribution in [0.25, 0.3) is 10.2 Å². The molecule has 6 nitrogen and oxygen atoms in total. The molecule has 2 aliphatic rings. The molecule has 0 aromatic carbocycles. The van der Waals surface area contributed by atoms with Gasteiger partial charge in [-0.15, -0.1) is 11.3 Å². The van der Waals surface area contributed by atoms with Crippen molar-refractivity contribution in [2.45, 2.75) is 116 Å². The maximum Gasteiger partial charge on any atom is 0.408 e. The van der Waals surface area contributed by atoms with Crippen molar-refractivity contribution >= 4 is 27.6 Å². The van der Waals surface area contributed by atoms with Crippen LogP contribution >= 0.6 is 11.3 Å². The number of ether oxygens (including phenoxy) is 2. The van der Waals surface area contributed by atoms with E-state index in [2.05, 4.69) is 29.1 Å². The lowest BCUT2D eigenvalue weighted by Gasteiger charge is -2.40.